The Bertz CT molecular complexity index is 1230. The molecule has 4 aromatic rings. The van der Waals surface area contributed by atoms with Gasteiger partial charge in [-0.2, -0.15) is 0 Å². The van der Waals surface area contributed by atoms with Crippen molar-refractivity contribution in [3.63, 3.8) is 0 Å². The van der Waals surface area contributed by atoms with E-state index >= 15 is 0 Å². The molecule has 0 atom stereocenters. The van der Waals surface area contributed by atoms with Gasteiger partial charge in [0.25, 0.3) is 11.8 Å². The minimum atomic E-state index is -0.330. The van der Waals surface area contributed by atoms with Crippen molar-refractivity contribution in [1.82, 2.24) is 0 Å². The van der Waals surface area contributed by atoms with E-state index < -0.39 is 0 Å². The highest BCUT2D eigenvalue weighted by atomic mass is 16.5. The lowest BCUT2D eigenvalue weighted by atomic mass is 10.1. The molecule has 1 heterocycles. The molecule has 4 rings (SSSR count). The van der Waals surface area contributed by atoms with Crippen molar-refractivity contribution in [1.29, 1.82) is 0 Å². The number of nitrogens with one attached hydrogen (secondary N) is 2. The van der Waals surface area contributed by atoms with Crippen LogP contribution in [0.5, 0.6) is 5.75 Å². The van der Waals surface area contributed by atoms with Gasteiger partial charge in [0.2, 0.25) is 0 Å². The molecule has 0 radical (unpaired) electrons. The fourth-order valence-corrected chi connectivity index (χ4v) is 3.26. The van der Waals surface area contributed by atoms with Crippen molar-refractivity contribution in [2.24, 2.45) is 0 Å². The monoisotopic (exact) mass is 414 g/mol. The van der Waals surface area contributed by atoms with E-state index in [-0.39, 0.29) is 17.6 Å². The van der Waals surface area contributed by atoms with Gasteiger partial charge in [-0.1, -0.05) is 24.3 Å². The van der Waals surface area contributed by atoms with E-state index in [9.17, 15) is 9.59 Å². The second kappa shape index (κ2) is 8.75. The van der Waals surface area contributed by atoms with Gasteiger partial charge in [-0.05, 0) is 67.9 Å². The fraction of sp³-hybridized carbons (Fsp3) is 0.120. The van der Waals surface area contributed by atoms with Gasteiger partial charge in [0, 0.05) is 22.3 Å². The largest absolute Gasteiger partial charge is 0.494 e. The lowest BCUT2D eigenvalue weighted by molar-refractivity contribution is 0.0996. The number of anilines is 2. The maximum Gasteiger partial charge on any atom is 0.291 e. The Balaban J connectivity index is 1.45. The Morgan fingerprint density at radius 2 is 1.74 bits per heavy atom. The SMILES string of the molecule is CCOc1cccc(C(=O)Nc2ccc(NC(=O)c3cc4ccccc4o3)c(C)c2)c1. The number of para-hydroxylation sites is 1. The Hall–Kier alpha value is -4.06. The Labute approximate surface area is 179 Å². The lowest BCUT2D eigenvalue weighted by Crippen LogP contribution is -2.14. The van der Waals surface area contributed by atoms with Crippen LogP contribution in [-0.2, 0) is 0 Å². The number of aryl methyl sites for hydroxylation is 1. The molecule has 0 aliphatic heterocycles. The van der Waals surface area contributed by atoms with E-state index in [2.05, 4.69) is 10.6 Å². The highest BCUT2D eigenvalue weighted by molar-refractivity contribution is 6.06. The molecular formula is C25H22N2O4. The molecule has 0 aliphatic rings. The number of ether oxygens (including phenoxy) is 1. The number of amides is 2. The quantitative estimate of drug-likeness (QED) is 0.428. The molecule has 2 amide bonds. The number of rotatable bonds is 6. The third kappa shape index (κ3) is 4.59. The first-order valence-corrected chi connectivity index (χ1v) is 9.98. The molecule has 0 aliphatic carbocycles. The minimum Gasteiger partial charge on any atom is -0.494 e. The minimum absolute atomic E-state index is 0.236. The van der Waals surface area contributed by atoms with Crippen molar-refractivity contribution in [3.05, 3.63) is 89.7 Å². The molecule has 0 saturated carbocycles. The molecule has 0 unspecified atom stereocenters. The molecular weight excluding hydrogens is 392 g/mol. The standard InChI is InChI=1S/C25H22N2O4/c1-3-30-20-9-6-8-18(14-20)24(28)26-19-11-12-21(16(2)13-19)27-25(29)23-15-17-7-4-5-10-22(17)31-23/h4-15H,3H2,1-2H3,(H,26,28)(H,27,29). The normalized spacial score (nSPS) is 10.6. The summed E-state index contributed by atoms with van der Waals surface area (Å²) in [6, 6.07) is 21.5. The van der Waals surface area contributed by atoms with Crippen LogP contribution < -0.4 is 15.4 Å². The number of furan rings is 1. The van der Waals surface area contributed by atoms with E-state index in [1.807, 2.05) is 44.2 Å². The first-order chi connectivity index (χ1) is 15.0. The highest BCUT2D eigenvalue weighted by Crippen LogP contribution is 2.24. The van der Waals surface area contributed by atoms with Crippen LogP contribution in [0.1, 0.15) is 33.4 Å². The zero-order valence-corrected chi connectivity index (χ0v) is 17.3. The third-order valence-corrected chi connectivity index (χ3v) is 4.79. The van der Waals surface area contributed by atoms with Gasteiger partial charge in [-0.3, -0.25) is 9.59 Å². The topological polar surface area (TPSA) is 80.6 Å². The lowest BCUT2D eigenvalue weighted by Gasteiger charge is -2.11. The van der Waals surface area contributed by atoms with Crippen LogP contribution in [0.25, 0.3) is 11.0 Å². The van der Waals surface area contributed by atoms with Gasteiger partial charge in [0.05, 0.1) is 6.61 Å². The predicted octanol–water partition coefficient (Wildman–Crippen LogP) is 5.64. The van der Waals surface area contributed by atoms with Gasteiger partial charge in [0.1, 0.15) is 11.3 Å². The molecule has 156 valence electrons. The first kappa shape index (κ1) is 20.2. The van der Waals surface area contributed by atoms with Crippen LogP contribution >= 0.6 is 0 Å². The Morgan fingerprint density at radius 3 is 2.52 bits per heavy atom. The predicted molar refractivity (Wildman–Crippen MR) is 121 cm³/mol. The highest BCUT2D eigenvalue weighted by Gasteiger charge is 2.14. The van der Waals surface area contributed by atoms with Crippen molar-refractivity contribution < 1.29 is 18.7 Å². The van der Waals surface area contributed by atoms with Crippen LogP contribution in [0, 0.1) is 6.92 Å². The Kier molecular flexibility index (Phi) is 5.71. The van der Waals surface area contributed by atoms with Crippen LogP contribution in [-0.4, -0.2) is 18.4 Å². The van der Waals surface area contributed by atoms with E-state index in [1.165, 1.54) is 0 Å². The average molecular weight is 414 g/mol. The summed E-state index contributed by atoms with van der Waals surface area (Å²) in [5.74, 6) is 0.325. The van der Waals surface area contributed by atoms with E-state index in [4.69, 9.17) is 9.15 Å². The van der Waals surface area contributed by atoms with Crippen LogP contribution in [0.4, 0.5) is 11.4 Å². The first-order valence-electron chi connectivity index (χ1n) is 9.98. The van der Waals surface area contributed by atoms with E-state index in [0.29, 0.717) is 34.9 Å². The molecule has 1 aromatic heterocycles. The van der Waals surface area contributed by atoms with Crippen LogP contribution in [0.3, 0.4) is 0 Å². The fourth-order valence-electron chi connectivity index (χ4n) is 3.26. The molecule has 2 N–H and O–H groups in total. The number of fused-ring (bicyclic) bond motifs is 1. The second-order valence-electron chi connectivity index (χ2n) is 7.05. The van der Waals surface area contributed by atoms with Crippen molar-refractivity contribution in [2.45, 2.75) is 13.8 Å². The van der Waals surface area contributed by atoms with Gasteiger partial charge < -0.3 is 19.8 Å². The molecule has 0 spiro atoms. The van der Waals surface area contributed by atoms with Crippen LogP contribution in [0.15, 0.2) is 77.2 Å². The summed E-state index contributed by atoms with van der Waals surface area (Å²) in [7, 11) is 0. The zero-order valence-electron chi connectivity index (χ0n) is 17.3. The summed E-state index contributed by atoms with van der Waals surface area (Å²) in [4.78, 5) is 25.1. The van der Waals surface area contributed by atoms with Crippen molar-refractivity contribution in [3.8, 4) is 5.75 Å². The van der Waals surface area contributed by atoms with Gasteiger partial charge in [0.15, 0.2) is 5.76 Å². The van der Waals surface area contributed by atoms with Crippen LogP contribution in [0.2, 0.25) is 0 Å². The molecule has 3 aromatic carbocycles. The number of benzene rings is 3. The summed E-state index contributed by atoms with van der Waals surface area (Å²) in [6.07, 6.45) is 0. The number of carbonyl (C=O) groups is 2. The van der Waals surface area contributed by atoms with Crippen molar-refractivity contribution in [2.75, 3.05) is 17.2 Å². The smallest absolute Gasteiger partial charge is 0.291 e. The maximum absolute atomic E-state index is 12.6. The summed E-state index contributed by atoms with van der Waals surface area (Å²) in [6.45, 7) is 4.29. The maximum atomic E-state index is 12.6. The number of carbonyl (C=O) groups excluding carboxylic acids is 2. The summed E-state index contributed by atoms with van der Waals surface area (Å²) < 4.78 is 11.1. The second-order valence-corrected chi connectivity index (χ2v) is 7.05. The summed E-state index contributed by atoms with van der Waals surface area (Å²) in [5.41, 5.74) is 3.25. The van der Waals surface area contributed by atoms with E-state index in [0.717, 1.165) is 10.9 Å². The Morgan fingerprint density at radius 1 is 0.903 bits per heavy atom. The molecule has 6 nitrogen and oxygen atoms in total. The van der Waals surface area contributed by atoms with Crippen molar-refractivity contribution >= 4 is 34.2 Å². The molecule has 6 heteroatoms. The average Bonchev–Trinajstić information content (AvgIpc) is 3.20. The summed E-state index contributed by atoms with van der Waals surface area (Å²) in [5, 5.41) is 6.60. The van der Waals surface area contributed by atoms with Gasteiger partial charge in [-0.15, -0.1) is 0 Å². The third-order valence-electron chi connectivity index (χ3n) is 4.79. The zero-order chi connectivity index (χ0) is 21.8. The van der Waals surface area contributed by atoms with Gasteiger partial charge in [-0.25, -0.2) is 0 Å². The molecule has 0 saturated heterocycles. The molecule has 31 heavy (non-hydrogen) atoms. The van der Waals surface area contributed by atoms with Gasteiger partial charge >= 0.3 is 0 Å². The number of hydrogen-bond donors (Lipinski definition) is 2. The molecule has 0 bridgehead atoms. The van der Waals surface area contributed by atoms with E-state index in [1.54, 1.807) is 42.5 Å². The number of hydrogen-bond acceptors (Lipinski definition) is 4. The molecule has 0 fully saturated rings. The summed E-state index contributed by atoms with van der Waals surface area (Å²) >= 11 is 0.